The highest BCUT2D eigenvalue weighted by molar-refractivity contribution is 14.1. The third-order valence-electron chi connectivity index (χ3n) is 3.42. The Morgan fingerprint density at radius 3 is 2.00 bits per heavy atom. The van der Waals surface area contributed by atoms with Crippen LogP contribution in [0.3, 0.4) is 0 Å². The Kier molecular flexibility index (Phi) is 7.22. The molecular weight excluding hydrogens is 451 g/mol. The van der Waals surface area contributed by atoms with Crippen molar-refractivity contribution in [2.45, 2.75) is 0 Å². The van der Waals surface area contributed by atoms with Crippen LogP contribution in [0.4, 0.5) is 11.4 Å². The molecule has 0 aliphatic rings. The number of anilines is 2. The van der Waals surface area contributed by atoms with E-state index in [1.54, 1.807) is 43.5 Å². The lowest BCUT2D eigenvalue weighted by molar-refractivity contribution is -0.119. The molecule has 0 saturated heterocycles. The fraction of sp³-hybridized carbons (Fsp3) is 0.222. The second-order valence-corrected chi connectivity index (χ2v) is 6.36. The minimum atomic E-state index is -0.272. The first-order chi connectivity index (χ1) is 12.5. The number of halogens is 1. The summed E-state index contributed by atoms with van der Waals surface area (Å²) in [4.78, 5) is 24.0. The molecule has 2 amide bonds. The van der Waals surface area contributed by atoms with Gasteiger partial charge in [0.05, 0.1) is 19.8 Å². The zero-order valence-corrected chi connectivity index (χ0v) is 16.7. The second kappa shape index (κ2) is 9.39. The van der Waals surface area contributed by atoms with Crippen LogP contribution in [0, 0.1) is 3.57 Å². The molecule has 0 saturated carbocycles. The maximum absolute atomic E-state index is 12.6. The lowest BCUT2D eigenvalue weighted by Gasteiger charge is -2.12. The van der Waals surface area contributed by atoms with Gasteiger partial charge in [0.15, 0.2) is 11.5 Å². The number of rotatable bonds is 7. The number of methoxy groups -OCH3 is 3. The van der Waals surface area contributed by atoms with Crippen molar-refractivity contribution in [3.05, 3.63) is 45.5 Å². The van der Waals surface area contributed by atoms with Crippen molar-refractivity contribution in [1.82, 2.24) is 0 Å². The molecule has 26 heavy (non-hydrogen) atoms. The van der Waals surface area contributed by atoms with Gasteiger partial charge >= 0.3 is 0 Å². The van der Waals surface area contributed by atoms with E-state index in [1.165, 1.54) is 14.2 Å². The van der Waals surface area contributed by atoms with Gasteiger partial charge in [-0.15, -0.1) is 0 Å². The summed E-state index contributed by atoms with van der Waals surface area (Å²) in [6, 6.07) is 10.2. The molecule has 0 unspecified atom stereocenters. The average Bonchev–Trinajstić information content (AvgIpc) is 2.63. The molecular formula is C18H19IN2O5. The van der Waals surface area contributed by atoms with E-state index in [1.807, 2.05) is 0 Å². The first kappa shape index (κ1) is 20.0. The summed E-state index contributed by atoms with van der Waals surface area (Å²) in [6.45, 7) is -0.0176. The summed E-state index contributed by atoms with van der Waals surface area (Å²) in [6.07, 6.45) is 0. The van der Waals surface area contributed by atoms with Gasteiger partial charge in [0.2, 0.25) is 5.91 Å². The Morgan fingerprint density at radius 2 is 1.46 bits per heavy atom. The normalized spacial score (nSPS) is 10.2. The van der Waals surface area contributed by atoms with Gasteiger partial charge < -0.3 is 24.8 Å². The molecule has 0 heterocycles. The molecule has 0 radical (unpaired) electrons. The highest BCUT2D eigenvalue weighted by atomic mass is 127. The molecule has 8 heteroatoms. The molecule has 138 valence electrons. The fourth-order valence-electron chi connectivity index (χ4n) is 2.19. The van der Waals surface area contributed by atoms with E-state index in [9.17, 15) is 9.59 Å². The molecule has 0 aliphatic carbocycles. The van der Waals surface area contributed by atoms with Crippen LogP contribution in [0.15, 0.2) is 36.4 Å². The standard InChI is InChI=1S/C18H19IN2O5/c1-24-10-17(22)20-11-4-6-12(7-5-11)21-18(23)13-8-15(25-2)16(26-3)9-14(13)19/h4-9H,10H2,1-3H3,(H,20,22)(H,21,23). The predicted molar refractivity (Wildman–Crippen MR) is 107 cm³/mol. The van der Waals surface area contributed by atoms with Crippen LogP contribution in [-0.4, -0.2) is 39.8 Å². The highest BCUT2D eigenvalue weighted by Crippen LogP contribution is 2.31. The van der Waals surface area contributed by atoms with Crippen LogP contribution in [0.2, 0.25) is 0 Å². The maximum Gasteiger partial charge on any atom is 0.256 e. The average molecular weight is 470 g/mol. The molecule has 0 aromatic heterocycles. The minimum Gasteiger partial charge on any atom is -0.493 e. The fourth-order valence-corrected chi connectivity index (χ4v) is 2.88. The second-order valence-electron chi connectivity index (χ2n) is 5.20. The first-order valence-corrected chi connectivity index (χ1v) is 8.68. The van der Waals surface area contributed by atoms with Crippen molar-refractivity contribution < 1.29 is 23.8 Å². The van der Waals surface area contributed by atoms with Gasteiger partial charge in [0, 0.05) is 22.1 Å². The number of hydrogen-bond donors (Lipinski definition) is 2. The molecule has 0 fully saturated rings. The SMILES string of the molecule is COCC(=O)Nc1ccc(NC(=O)c2cc(OC)c(OC)cc2I)cc1. The van der Waals surface area contributed by atoms with E-state index >= 15 is 0 Å². The van der Waals surface area contributed by atoms with Crippen molar-refractivity contribution in [3.63, 3.8) is 0 Å². The molecule has 2 aromatic rings. The number of nitrogens with one attached hydrogen (secondary N) is 2. The van der Waals surface area contributed by atoms with Crippen LogP contribution >= 0.6 is 22.6 Å². The zero-order chi connectivity index (χ0) is 19.1. The molecule has 2 rings (SSSR count). The summed E-state index contributed by atoms with van der Waals surface area (Å²) in [7, 11) is 4.51. The molecule has 0 bridgehead atoms. The summed E-state index contributed by atoms with van der Waals surface area (Å²) in [5, 5.41) is 5.50. The van der Waals surface area contributed by atoms with Crippen LogP contribution in [-0.2, 0) is 9.53 Å². The van der Waals surface area contributed by atoms with E-state index < -0.39 is 0 Å². The summed E-state index contributed by atoms with van der Waals surface area (Å²) in [5.74, 6) is 0.523. The van der Waals surface area contributed by atoms with Crippen molar-refractivity contribution in [2.75, 3.05) is 38.6 Å². The van der Waals surface area contributed by atoms with E-state index in [4.69, 9.17) is 14.2 Å². The number of hydrogen-bond acceptors (Lipinski definition) is 5. The van der Waals surface area contributed by atoms with Gasteiger partial charge in [-0.2, -0.15) is 0 Å². The van der Waals surface area contributed by atoms with Crippen molar-refractivity contribution >= 4 is 45.8 Å². The summed E-state index contributed by atoms with van der Waals surface area (Å²) < 4.78 is 16.0. The Hall–Kier alpha value is -2.33. The van der Waals surface area contributed by atoms with Crippen LogP contribution in [0.25, 0.3) is 0 Å². The summed E-state index contributed by atoms with van der Waals surface area (Å²) in [5.41, 5.74) is 1.69. The molecule has 7 nitrogen and oxygen atoms in total. The molecule has 0 aliphatic heterocycles. The van der Waals surface area contributed by atoms with Crippen molar-refractivity contribution in [2.24, 2.45) is 0 Å². The minimum absolute atomic E-state index is 0.0176. The van der Waals surface area contributed by atoms with Crippen molar-refractivity contribution in [3.8, 4) is 11.5 Å². The Morgan fingerprint density at radius 1 is 0.923 bits per heavy atom. The molecule has 0 spiro atoms. The highest BCUT2D eigenvalue weighted by Gasteiger charge is 2.15. The van der Waals surface area contributed by atoms with Gasteiger partial charge in [-0.1, -0.05) is 0 Å². The molecule has 0 atom stereocenters. The monoisotopic (exact) mass is 470 g/mol. The Balaban J connectivity index is 2.11. The Labute approximate surface area is 165 Å². The van der Waals surface area contributed by atoms with Crippen LogP contribution < -0.4 is 20.1 Å². The maximum atomic E-state index is 12.6. The number of ether oxygens (including phenoxy) is 3. The van der Waals surface area contributed by atoms with Crippen molar-refractivity contribution in [1.29, 1.82) is 0 Å². The largest absolute Gasteiger partial charge is 0.493 e. The number of amides is 2. The number of carbonyl (C=O) groups is 2. The van der Waals surface area contributed by atoms with Gasteiger partial charge in [-0.3, -0.25) is 9.59 Å². The summed E-state index contributed by atoms with van der Waals surface area (Å²) >= 11 is 2.07. The van der Waals surface area contributed by atoms with Gasteiger partial charge in [0.1, 0.15) is 6.61 Å². The molecule has 2 aromatic carbocycles. The smallest absolute Gasteiger partial charge is 0.256 e. The topological polar surface area (TPSA) is 85.9 Å². The quantitative estimate of drug-likeness (QED) is 0.608. The van der Waals surface area contributed by atoms with Gasteiger partial charge in [0.25, 0.3) is 5.91 Å². The van der Waals surface area contributed by atoms with Gasteiger partial charge in [-0.25, -0.2) is 0 Å². The third-order valence-corrected chi connectivity index (χ3v) is 4.31. The molecule has 2 N–H and O–H groups in total. The number of carbonyl (C=O) groups excluding carboxylic acids is 2. The third kappa shape index (κ3) is 5.09. The van der Waals surface area contributed by atoms with Gasteiger partial charge in [-0.05, 0) is 59.0 Å². The Bertz CT molecular complexity index is 793. The lowest BCUT2D eigenvalue weighted by Crippen LogP contribution is -2.17. The van der Waals surface area contributed by atoms with E-state index in [0.29, 0.717) is 28.4 Å². The van der Waals surface area contributed by atoms with E-state index in [2.05, 4.69) is 33.2 Å². The van der Waals surface area contributed by atoms with E-state index in [-0.39, 0.29) is 18.4 Å². The lowest BCUT2D eigenvalue weighted by atomic mass is 10.1. The first-order valence-electron chi connectivity index (χ1n) is 7.60. The van der Waals surface area contributed by atoms with Crippen LogP contribution in [0.5, 0.6) is 11.5 Å². The van der Waals surface area contributed by atoms with Crippen LogP contribution in [0.1, 0.15) is 10.4 Å². The predicted octanol–water partition coefficient (Wildman–Crippen LogP) is 3.15. The number of benzene rings is 2. The zero-order valence-electron chi connectivity index (χ0n) is 14.6. The van der Waals surface area contributed by atoms with E-state index in [0.717, 1.165) is 3.57 Å².